The van der Waals surface area contributed by atoms with Gasteiger partial charge in [-0.2, -0.15) is 13.2 Å². The second-order valence-corrected chi connectivity index (χ2v) is 3.47. The highest BCUT2D eigenvalue weighted by molar-refractivity contribution is 5.33. The van der Waals surface area contributed by atoms with Gasteiger partial charge in [0.25, 0.3) is 0 Å². The lowest BCUT2D eigenvalue weighted by atomic mass is 9.99. The van der Waals surface area contributed by atoms with Crippen LogP contribution in [-0.2, 0) is 6.18 Å². The van der Waals surface area contributed by atoms with E-state index in [1.165, 1.54) is 13.2 Å². The summed E-state index contributed by atoms with van der Waals surface area (Å²) in [7, 11) is 1.37. The molecule has 1 rings (SSSR count). The number of alkyl halides is 3. The number of halogens is 3. The zero-order valence-electron chi connectivity index (χ0n) is 8.72. The highest BCUT2D eigenvalue weighted by atomic mass is 19.4. The number of aromatic nitrogens is 1. The first-order chi connectivity index (χ1) is 6.86. The molecule has 1 aromatic rings. The van der Waals surface area contributed by atoms with Gasteiger partial charge in [0.15, 0.2) is 0 Å². The molecule has 0 amide bonds. The predicted octanol–water partition coefficient (Wildman–Crippen LogP) is 3.23. The topological polar surface area (TPSA) is 22.1 Å². The van der Waals surface area contributed by atoms with E-state index in [9.17, 15) is 13.2 Å². The number of methoxy groups -OCH3 is 1. The van der Waals surface area contributed by atoms with Crippen LogP contribution in [0.15, 0.2) is 12.3 Å². The summed E-state index contributed by atoms with van der Waals surface area (Å²) >= 11 is 0. The highest BCUT2D eigenvalue weighted by Gasteiger charge is 2.34. The van der Waals surface area contributed by atoms with Gasteiger partial charge in [-0.1, -0.05) is 13.8 Å². The van der Waals surface area contributed by atoms with Crippen LogP contribution in [0.2, 0.25) is 0 Å². The third-order valence-electron chi connectivity index (χ3n) is 2.05. The van der Waals surface area contributed by atoms with Crippen molar-refractivity contribution in [1.29, 1.82) is 0 Å². The van der Waals surface area contributed by atoms with Crippen molar-refractivity contribution in [3.05, 3.63) is 23.4 Å². The number of hydrogen-bond acceptors (Lipinski definition) is 2. The number of rotatable bonds is 2. The quantitative estimate of drug-likeness (QED) is 0.761. The Kier molecular flexibility index (Phi) is 3.21. The Morgan fingerprint density at radius 3 is 2.33 bits per heavy atom. The van der Waals surface area contributed by atoms with Crippen molar-refractivity contribution in [3.8, 4) is 5.88 Å². The van der Waals surface area contributed by atoms with E-state index in [2.05, 4.69) is 4.98 Å². The van der Waals surface area contributed by atoms with E-state index in [1.54, 1.807) is 13.8 Å². The Bertz CT molecular complexity index is 347. The zero-order chi connectivity index (χ0) is 11.6. The SMILES string of the molecule is COc1cc(C(C)C)c(C(F)(F)F)cn1. The van der Waals surface area contributed by atoms with Gasteiger partial charge in [-0.05, 0) is 11.5 Å². The molecule has 0 N–H and O–H groups in total. The number of ether oxygens (including phenoxy) is 1. The van der Waals surface area contributed by atoms with Gasteiger partial charge in [0, 0.05) is 12.3 Å². The summed E-state index contributed by atoms with van der Waals surface area (Å²) in [5.74, 6) is -0.0229. The molecular weight excluding hydrogens is 207 g/mol. The lowest BCUT2D eigenvalue weighted by Gasteiger charge is -2.15. The van der Waals surface area contributed by atoms with Crippen molar-refractivity contribution in [2.45, 2.75) is 25.9 Å². The molecule has 0 radical (unpaired) electrons. The van der Waals surface area contributed by atoms with Crippen molar-refractivity contribution < 1.29 is 17.9 Å². The first-order valence-corrected chi connectivity index (χ1v) is 4.47. The van der Waals surface area contributed by atoms with Gasteiger partial charge in [-0.25, -0.2) is 4.98 Å². The van der Waals surface area contributed by atoms with Crippen LogP contribution in [-0.4, -0.2) is 12.1 Å². The average molecular weight is 219 g/mol. The molecule has 1 heterocycles. The third kappa shape index (κ3) is 2.61. The second kappa shape index (κ2) is 4.08. The van der Waals surface area contributed by atoms with Crippen molar-refractivity contribution in [1.82, 2.24) is 4.98 Å². The maximum absolute atomic E-state index is 12.6. The molecule has 0 spiro atoms. The van der Waals surface area contributed by atoms with Gasteiger partial charge in [0.05, 0.1) is 12.7 Å². The van der Waals surface area contributed by atoms with Crippen molar-refractivity contribution in [3.63, 3.8) is 0 Å². The maximum Gasteiger partial charge on any atom is 0.418 e. The molecule has 1 aromatic heterocycles. The molecule has 0 fully saturated rings. The summed E-state index contributed by atoms with van der Waals surface area (Å²) in [4.78, 5) is 3.56. The summed E-state index contributed by atoms with van der Waals surface area (Å²) < 4.78 is 42.5. The van der Waals surface area contributed by atoms with E-state index in [4.69, 9.17) is 4.74 Å². The van der Waals surface area contributed by atoms with E-state index >= 15 is 0 Å². The van der Waals surface area contributed by atoms with Crippen LogP contribution in [0.25, 0.3) is 0 Å². The predicted molar refractivity (Wildman–Crippen MR) is 49.9 cm³/mol. The lowest BCUT2D eigenvalue weighted by molar-refractivity contribution is -0.138. The summed E-state index contributed by atoms with van der Waals surface area (Å²) in [6.07, 6.45) is -3.55. The Morgan fingerprint density at radius 2 is 1.93 bits per heavy atom. The Hall–Kier alpha value is -1.26. The first-order valence-electron chi connectivity index (χ1n) is 4.47. The van der Waals surface area contributed by atoms with Crippen molar-refractivity contribution in [2.75, 3.05) is 7.11 Å². The minimum Gasteiger partial charge on any atom is -0.481 e. The molecule has 0 bridgehead atoms. The molecule has 0 saturated heterocycles. The molecule has 0 aliphatic heterocycles. The van der Waals surface area contributed by atoms with E-state index < -0.39 is 11.7 Å². The normalized spacial score (nSPS) is 11.9. The van der Waals surface area contributed by atoms with E-state index in [0.29, 0.717) is 0 Å². The molecule has 15 heavy (non-hydrogen) atoms. The van der Waals surface area contributed by atoms with Crippen LogP contribution < -0.4 is 4.74 Å². The largest absolute Gasteiger partial charge is 0.481 e. The Morgan fingerprint density at radius 1 is 1.33 bits per heavy atom. The van der Waals surface area contributed by atoms with Crippen LogP contribution in [0.1, 0.15) is 30.9 Å². The smallest absolute Gasteiger partial charge is 0.418 e. The van der Waals surface area contributed by atoms with E-state index in [-0.39, 0.29) is 17.4 Å². The molecule has 0 aliphatic carbocycles. The van der Waals surface area contributed by atoms with Gasteiger partial charge in [0.1, 0.15) is 0 Å². The average Bonchev–Trinajstić information content (AvgIpc) is 2.15. The monoisotopic (exact) mass is 219 g/mol. The minimum absolute atomic E-state index is 0.201. The molecular formula is C10H12F3NO. The molecule has 0 aliphatic rings. The molecule has 84 valence electrons. The number of pyridine rings is 1. The van der Waals surface area contributed by atoms with E-state index in [0.717, 1.165) is 6.20 Å². The zero-order valence-corrected chi connectivity index (χ0v) is 8.72. The van der Waals surface area contributed by atoms with Crippen LogP contribution in [0.3, 0.4) is 0 Å². The fourth-order valence-corrected chi connectivity index (χ4v) is 1.28. The van der Waals surface area contributed by atoms with Crippen LogP contribution in [0, 0.1) is 0 Å². The van der Waals surface area contributed by atoms with Crippen LogP contribution in [0.5, 0.6) is 5.88 Å². The van der Waals surface area contributed by atoms with Crippen molar-refractivity contribution >= 4 is 0 Å². The molecule has 2 nitrogen and oxygen atoms in total. The van der Waals surface area contributed by atoms with Gasteiger partial charge in [0.2, 0.25) is 5.88 Å². The highest BCUT2D eigenvalue weighted by Crippen LogP contribution is 2.35. The van der Waals surface area contributed by atoms with Gasteiger partial charge >= 0.3 is 6.18 Å². The van der Waals surface area contributed by atoms with Crippen LogP contribution >= 0.6 is 0 Å². The molecule has 0 saturated carbocycles. The molecule has 0 atom stereocenters. The molecule has 5 heteroatoms. The fourth-order valence-electron chi connectivity index (χ4n) is 1.28. The lowest BCUT2D eigenvalue weighted by Crippen LogP contribution is -2.11. The Labute approximate surface area is 86.1 Å². The molecule has 0 unspecified atom stereocenters. The summed E-state index contributed by atoms with van der Waals surface area (Å²) in [6, 6.07) is 1.33. The maximum atomic E-state index is 12.6. The minimum atomic E-state index is -4.36. The summed E-state index contributed by atoms with van der Waals surface area (Å²) in [5.41, 5.74) is -0.493. The third-order valence-corrected chi connectivity index (χ3v) is 2.05. The Balaban J connectivity index is 3.28. The summed E-state index contributed by atoms with van der Waals surface area (Å²) in [6.45, 7) is 3.40. The van der Waals surface area contributed by atoms with E-state index in [1.807, 2.05) is 0 Å². The van der Waals surface area contributed by atoms with Gasteiger partial charge in [-0.15, -0.1) is 0 Å². The first kappa shape index (κ1) is 11.8. The van der Waals surface area contributed by atoms with Crippen LogP contribution in [0.4, 0.5) is 13.2 Å². The fraction of sp³-hybridized carbons (Fsp3) is 0.500. The molecule has 0 aromatic carbocycles. The standard InChI is InChI=1S/C10H12F3NO/c1-6(2)7-4-9(15-3)14-5-8(7)10(11,12)13/h4-6H,1-3H3. The number of nitrogens with zero attached hydrogens (tertiary/aromatic N) is 1. The van der Waals surface area contributed by atoms with Crippen molar-refractivity contribution in [2.24, 2.45) is 0 Å². The van der Waals surface area contributed by atoms with Gasteiger partial charge in [-0.3, -0.25) is 0 Å². The van der Waals surface area contributed by atoms with Gasteiger partial charge < -0.3 is 4.74 Å². The number of hydrogen-bond donors (Lipinski definition) is 0. The summed E-state index contributed by atoms with van der Waals surface area (Å²) in [5, 5.41) is 0. The second-order valence-electron chi connectivity index (χ2n) is 3.47.